The summed E-state index contributed by atoms with van der Waals surface area (Å²) in [5.74, 6) is -1.53. The highest BCUT2D eigenvalue weighted by Crippen LogP contribution is 2.32. The lowest BCUT2D eigenvalue weighted by Gasteiger charge is -2.47. The van der Waals surface area contributed by atoms with E-state index in [4.69, 9.17) is 0 Å². The number of benzene rings is 1. The fourth-order valence-corrected chi connectivity index (χ4v) is 3.42. The van der Waals surface area contributed by atoms with Gasteiger partial charge in [-0.05, 0) is 25.0 Å². The maximum atomic E-state index is 13.4. The molecule has 1 aromatic rings. The molecule has 1 saturated carbocycles. The van der Waals surface area contributed by atoms with Crippen LogP contribution < -0.4 is 10.2 Å². The predicted octanol–water partition coefficient (Wildman–Crippen LogP) is 3.08. The Hall–Kier alpha value is -1.16. The van der Waals surface area contributed by atoms with E-state index in [2.05, 4.69) is 10.2 Å². The minimum atomic E-state index is -0.772. The van der Waals surface area contributed by atoms with Gasteiger partial charge < -0.3 is 10.2 Å². The van der Waals surface area contributed by atoms with Crippen molar-refractivity contribution in [2.75, 3.05) is 24.5 Å². The SMILES string of the molecule is Fc1ccc(N2CCNC3(CCCCC3)C2)cc1F. The molecule has 19 heavy (non-hydrogen) atoms. The highest BCUT2D eigenvalue weighted by Gasteiger charge is 2.36. The topological polar surface area (TPSA) is 15.3 Å². The van der Waals surface area contributed by atoms with Crippen LogP contribution in [0.1, 0.15) is 32.1 Å². The molecule has 3 rings (SSSR count). The van der Waals surface area contributed by atoms with Gasteiger partial charge in [-0.1, -0.05) is 19.3 Å². The molecule has 0 unspecified atom stereocenters. The van der Waals surface area contributed by atoms with Crippen molar-refractivity contribution < 1.29 is 8.78 Å². The molecule has 0 amide bonds. The summed E-state index contributed by atoms with van der Waals surface area (Å²) in [6.45, 7) is 2.67. The van der Waals surface area contributed by atoms with Gasteiger partial charge >= 0.3 is 0 Å². The molecule has 1 aliphatic carbocycles. The highest BCUT2D eigenvalue weighted by atomic mass is 19.2. The van der Waals surface area contributed by atoms with Crippen LogP contribution in [0.4, 0.5) is 14.5 Å². The average Bonchev–Trinajstić information content (AvgIpc) is 2.43. The van der Waals surface area contributed by atoms with E-state index in [1.807, 2.05) is 0 Å². The molecule has 2 aliphatic rings. The second kappa shape index (κ2) is 5.08. The molecule has 1 aromatic carbocycles. The molecule has 104 valence electrons. The maximum absolute atomic E-state index is 13.4. The van der Waals surface area contributed by atoms with Gasteiger partial charge in [-0.25, -0.2) is 8.78 Å². The van der Waals surface area contributed by atoms with Crippen molar-refractivity contribution in [3.8, 4) is 0 Å². The molecule has 1 spiro atoms. The Morgan fingerprint density at radius 1 is 1.05 bits per heavy atom. The predicted molar refractivity (Wildman–Crippen MR) is 72.4 cm³/mol. The number of halogens is 2. The summed E-state index contributed by atoms with van der Waals surface area (Å²) in [7, 11) is 0. The molecule has 4 heteroatoms. The first-order valence-electron chi connectivity index (χ1n) is 7.14. The minimum absolute atomic E-state index is 0.182. The van der Waals surface area contributed by atoms with Crippen molar-refractivity contribution in [3.63, 3.8) is 0 Å². The Labute approximate surface area is 112 Å². The van der Waals surface area contributed by atoms with Gasteiger partial charge in [0.15, 0.2) is 11.6 Å². The monoisotopic (exact) mass is 266 g/mol. The number of hydrogen-bond donors (Lipinski definition) is 1. The third-order valence-electron chi connectivity index (χ3n) is 4.45. The van der Waals surface area contributed by atoms with E-state index in [9.17, 15) is 8.78 Å². The summed E-state index contributed by atoms with van der Waals surface area (Å²) >= 11 is 0. The first-order valence-corrected chi connectivity index (χ1v) is 7.14. The number of rotatable bonds is 1. The molecule has 1 saturated heterocycles. The minimum Gasteiger partial charge on any atom is -0.368 e. The summed E-state index contributed by atoms with van der Waals surface area (Å²) in [6, 6.07) is 4.22. The van der Waals surface area contributed by atoms with Crippen molar-refractivity contribution >= 4 is 5.69 Å². The van der Waals surface area contributed by atoms with Crippen LogP contribution >= 0.6 is 0 Å². The van der Waals surface area contributed by atoms with E-state index in [-0.39, 0.29) is 5.54 Å². The first-order chi connectivity index (χ1) is 9.19. The van der Waals surface area contributed by atoms with Crippen LogP contribution in [0.5, 0.6) is 0 Å². The van der Waals surface area contributed by atoms with Gasteiger partial charge in [-0.2, -0.15) is 0 Å². The van der Waals surface area contributed by atoms with Crippen LogP contribution in [-0.2, 0) is 0 Å². The van der Waals surface area contributed by atoms with E-state index in [0.29, 0.717) is 0 Å². The van der Waals surface area contributed by atoms with Gasteiger partial charge in [0.25, 0.3) is 0 Å². The molecule has 2 nitrogen and oxygen atoms in total. The van der Waals surface area contributed by atoms with Crippen molar-refractivity contribution in [1.82, 2.24) is 5.32 Å². The fraction of sp³-hybridized carbons (Fsp3) is 0.600. The Bertz CT molecular complexity index is 450. The standard InChI is InChI=1S/C15H20F2N2/c16-13-5-4-12(10-14(13)17)19-9-8-18-15(11-19)6-2-1-3-7-15/h4-5,10,18H,1-3,6-9,11H2. The normalized spacial score (nSPS) is 22.7. The number of nitrogens with one attached hydrogen (secondary N) is 1. The van der Waals surface area contributed by atoms with Crippen LogP contribution in [0.25, 0.3) is 0 Å². The molecule has 0 radical (unpaired) electrons. The van der Waals surface area contributed by atoms with Gasteiger partial charge in [-0.3, -0.25) is 0 Å². The summed E-state index contributed by atoms with van der Waals surface area (Å²) in [4.78, 5) is 2.18. The largest absolute Gasteiger partial charge is 0.368 e. The lowest BCUT2D eigenvalue weighted by atomic mass is 9.80. The summed E-state index contributed by atoms with van der Waals surface area (Å²) in [5, 5.41) is 3.65. The summed E-state index contributed by atoms with van der Waals surface area (Å²) in [5.41, 5.74) is 0.979. The molecule has 2 fully saturated rings. The van der Waals surface area contributed by atoms with Gasteiger partial charge in [0.1, 0.15) is 0 Å². The number of piperazine rings is 1. The number of hydrogen-bond acceptors (Lipinski definition) is 2. The molecular formula is C15H20F2N2. The van der Waals surface area contributed by atoms with Crippen molar-refractivity contribution in [2.45, 2.75) is 37.6 Å². The third kappa shape index (κ3) is 2.59. The Balaban J connectivity index is 1.78. The quantitative estimate of drug-likeness (QED) is 0.840. The molecule has 0 atom stereocenters. The van der Waals surface area contributed by atoms with Crippen molar-refractivity contribution in [3.05, 3.63) is 29.8 Å². The highest BCUT2D eigenvalue weighted by molar-refractivity contribution is 5.48. The van der Waals surface area contributed by atoms with Gasteiger partial charge in [-0.15, -0.1) is 0 Å². The van der Waals surface area contributed by atoms with Crippen LogP contribution in [-0.4, -0.2) is 25.2 Å². The molecule has 0 aromatic heterocycles. The number of nitrogens with zero attached hydrogens (tertiary/aromatic N) is 1. The first kappa shape index (κ1) is 12.9. The second-order valence-electron chi connectivity index (χ2n) is 5.79. The Morgan fingerprint density at radius 2 is 1.84 bits per heavy atom. The zero-order valence-corrected chi connectivity index (χ0v) is 11.1. The zero-order chi connectivity index (χ0) is 13.3. The van der Waals surface area contributed by atoms with Crippen molar-refractivity contribution in [2.24, 2.45) is 0 Å². The van der Waals surface area contributed by atoms with Crippen LogP contribution in [0.3, 0.4) is 0 Å². The molecule has 1 N–H and O–H groups in total. The summed E-state index contributed by atoms with van der Waals surface area (Å²) < 4.78 is 26.4. The molecule has 1 aliphatic heterocycles. The fourth-order valence-electron chi connectivity index (χ4n) is 3.42. The van der Waals surface area contributed by atoms with Crippen LogP contribution in [0, 0.1) is 11.6 Å². The van der Waals surface area contributed by atoms with Crippen molar-refractivity contribution in [1.29, 1.82) is 0 Å². The molecular weight excluding hydrogens is 246 g/mol. The molecule has 1 heterocycles. The maximum Gasteiger partial charge on any atom is 0.160 e. The lowest BCUT2D eigenvalue weighted by molar-refractivity contribution is 0.216. The van der Waals surface area contributed by atoms with Crippen LogP contribution in [0.2, 0.25) is 0 Å². The summed E-state index contributed by atoms with van der Waals surface area (Å²) in [6.07, 6.45) is 6.21. The lowest BCUT2D eigenvalue weighted by Crippen LogP contribution is -2.61. The zero-order valence-electron chi connectivity index (χ0n) is 11.1. The second-order valence-corrected chi connectivity index (χ2v) is 5.79. The Kier molecular flexibility index (Phi) is 3.44. The smallest absolute Gasteiger partial charge is 0.160 e. The van der Waals surface area contributed by atoms with E-state index >= 15 is 0 Å². The number of anilines is 1. The third-order valence-corrected chi connectivity index (χ3v) is 4.45. The Morgan fingerprint density at radius 3 is 2.58 bits per heavy atom. The van der Waals surface area contributed by atoms with Gasteiger partial charge in [0, 0.05) is 36.9 Å². The van der Waals surface area contributed by atoms with Gasteiger partial charge in [0.05, 0.1) is 0 Å². The van der Waals surface area contributed by atoms with Crippen LogP contribution in [0.15, 0.2) is 18.2 Å². The van der Waals surface area contributed by atoms with E-state index in [1.165, 1.54) is 44.2 Å². The van der Waals surface area contributed by atoms with Gasteiger partial charge in [0.2, 0.25) is 0 Å². The average molecular weight is 266 g/mol. The van der Waals surface area contributed by atoms with E-state index in [0.717, 1.165) is 25.3 Å². The van der Waals surface area contributed by atoms with E-state index < -0.39 is 11.6 Å². The molecule has 0 bridgehead atoms. The van der Waals surface area contributed by atoms with E-state index in [1.54, 1.807) is 6.07 Å².